The number of carbonyl (C=O) groups excluding carboxylic acids is 2. The summed E-state index contributed by atoms with van der Waals surface area (Å²) >= 11 is 0.964. The van der Waals surface area contributed by atoms with Gasteiger partial charge in [-0.15, -0.1) is 6.58 Å². The van der Waals surface area contributed by atoms with Crippen LogP contribution in [-0.4, -0.2) is 32.1 Å². The minimum atomic E-state index is -0.270. The summed E-state index contributed by atoms with van der Waals surface area (Å²) in [7, 11) is 0. The molecule has 2 aromatic rings. The van der Waals surface area contributed by atoms with Gasteiger partial charge in [-0.1, -0.05) is 12.1 Å². The number of carbonyl (C=O) groups is 2. The second-order valence-electron chi connectivity index (χ2n) is 5.94. The van der Waals surface area contributed by atoms with Crippen LogP contribution in [-0.2, 0) is 4.79 Å². The van der Waals surface area contributed by atoms with Crippen LogP contribution >= 0.6 is 11.8 Å². The highest BCUT2D eigenvalue weighted by Gasteiger charge is 2.34. The van der Waals surface area contributed by atoms with Gasteiger partial charge >= 0.3 is 0 Å². The molecule has 0 radical (unpaired) electrons. The summed E-state index contributed by atoms with van der Waals surface area (Å²) in [6.07, 6.45) is 5.16. The van der Waals surface area contributed by atoms with Crippen molar-refractivity contribution >= 4 is 29.0 Å². The first-order valence-electron chi connectivity index (χ1n) is 7.90. The Kier molecular flexibility index (Phi) is 4.63. The summed E-state index contributed by atoms with van der Waals surface area (Å²) in [5, 5.41) is -0.259. The van der Waals surface area contributed by atoms with Crippen molar-refractivity contribution in [1.82, 2.24) is 14.5 Å². The Balaban J connectivity index is 1.99. The Morgan fingerprint density at radius 3 is 2.64 bits per heavy atom. The highest BCUT2D eigenvalue weighted by Crippen LogP contribution is 2.33. The van der Waals surface area contributed by atoms with Gasteiger partial charge in [-0.2, -0.15) is 0 Å². The number of amides is 2. The number of rotatable bonds is 4. The molecule has 1 fully saturated rings. The van der Waals surface area contributed by atoms with Crippen molar-refractivity contribution in [2.24, 2.45) is 0 Å². The maximum Gasteiger partial charge on any atom is 0.293 e. The molecule has 2 amide bonds. The Bertz CT molecular complexity index is 894. The number of aromatic nitrogens is 2. The molecule has 5 nitrogen and oxygen atoms in total. The summed E-state index contributed by atoms with van der Waals surface area (Å²) in [6.45, 7) is 9.79. The highest BCUT2D eigenvalue weighted by atomic mass is 32.2. The van der Waals surface area contributed by atoms with Crippen LogP contribution in [0.4, 0.5) is 4.79 Å². The third-order valence-corrected chi connectivity index (χ3v) is 4.97. The van der Waals surface area contributed by atoms with Gasteiger partial charge in [-0.05, 0) is 61.9 Å². The molecule has 3 rings (SSSR count). The van der Waals surface area contributed by atoms with Crippen LogP contribution in [0.25, 0.3) is 11.9 Å². The standard InChI is InChI=1S/C19H19N3O2S/c1-5-8-21-18(23)16(25-19(21)24)10-15-9-13(3)22(14(15)4)17-7-6-12(2)11-20-17/h5-7,9-11H,1,8H2,2-4H3/b16-10+. The molecule has 25 heavy (non-hydrogen) atoms. The van der Waals surface area contributed by atoms with E-state index in [9.17, 15) is 9.59 Å². The SMILES string of the molecule is C=CCN1C(=O)S/C(=C/c2cc(C)n(-c3ccc(C)cn3)c2C)C1=O. The third kappa shape index (κ3) is 3.17. The Morgan fingerprint density at radius 2 is 2.00 bits per heavy atom. The molecule has 6 heteroatoms. The van der Waals surface area contributed by atoms with E-state index in [4.69, 9.17) is 0 Å². The van der Waals surface area contributed by atoms with Crippen LogP contribution in [0.3, 0.4) is 0 Å². The Hall–Kier alpha value is -2.60. The van der Waals surface area contributed by atoms with Crippen molar-refractivity contribution in [3.8, 4) is 5.82 Å². The summed E-state index contributed by atoms with van der Waals surface area (Å²) in [4.78, 5) is 30.4. The lowest BCUT2D eigenvalue weighted by atomic mass is 10.2. The molecule has 1 aliphatic heterocycles. The molecule has 1 aliphatic rings. The molecule has 2 aromatic heterocycles. The van der Waals surface area contributed by atoms with Crippen LogP contribution in [0.2, 0.25) is 0 Å². The van der Waals surface area contributed by atoms with Gasteiger partial charge in [0.25, 0.3) is 11.1 Å². The predicted molar refractivity (Wildman–Crippen MR) is 101 cm³/mol. The lowest BCUT2D eigenvalue weighted by Gasteiger charge is -2.09. The third-order valence-electron chi connectivity index (χ3n) is 4.07. The lowest BCUT2D eigenvalue weighted by Crippen LogP contribution is -2.27. The fraction of sp³-hybridized carbons (Fsp3) is 0.211. The maximum absolute atomic E-state index is 12.4. The van der Waals surface area contributed by atoms with Crippen LogP contribution in [0.15, 0.2) is 42.0 Å². The predicted octanol–water partition coefficient (Wildman–Crippen LogP) is 4.02. The fourth-order valence-electron chi connectivity index (χ4n) is 2.81. The van der Waals surface area contributed by atoms with E-state index >= 15 is 0 Å². The number of imide groups is 1. The van der Waals surface area contributed by atoms with Crippen molar-refractivity contribution < 1.29 is 9.59 Å². The second-order valence-corrected chi connectivity index (χ2v) is 6.93. The molecular formula is C19H19N3O2S. The smallest absolute Gasteiger partial charge is 0.293 e. The second kappa shape index (κ2) is 6.72. The molecule has 0 spiro atoms. The monoisotopic (exact) mass is 353 g/mol. The van der Waals surface area contributed by atoms with E-state index < -0.39 is 0 Å². The van der Waals surface area contributed by atoms with Gasteiger partial charge in [-0.25, -0.2) is 4.98 Å². The van der Waals surface area contributed by atoms with Gasteiger partial charge in [0, 0.05) is 24.1 Å². The largest absolute Gasteiger partial charge is 0.303 e. The number of thioether (sulfide) groups is 1. The zero-order chi connectivity index (χ0) is 18.1. The lowest BCUT2D eigenvalue weighted by molar-refractivity contribution is -0.122. The zero-order valence-corrected chi connectivity index (χ0v) is 15.3. The molecular weight excluding hydrogens is 334 g/mol. The fourth-order valence-corrected chi connectivity index (χ4v) is 3.65. The van der Waals surface area contributed by atoms with Crippen molar-refractivity contribution in [2.45, 2.75) is 20.8 Å². The minimum Gasteiger partial charge on any atom is -0.303 e. The van der Waals surface area contributed by atoms with Gasteiger partial charge in [0.2, 0.25) is 0 Å². The van der Waals surface area contributed by atoms with Crippen molar-refractivity contribution in [3.05, 3.63) is 64.5 Å². The number of hydrogen-bond donors (Lipinski definition) is 0. The van der Waals surface area contributed by atoms with Gasteiger partial charge in [0.1, 0.15) is 5.82 Å². The summed E-state index contributed by atoms with van der Waals surface area (Å²) < 4.78 is 2.04. The molecule has 0 saturated carbocycles. The molecule has 128 valence electrons. The molecule has 0 bridgehead atoms. The first-order valence-corrected chi connectivity index (χ1v) is 8.72. The number of hydrogen-bond acceptors (Lipinski definition) is 4. The van der Waals surface area contributed by atoms with Gasteiger partial charge < -0.3 is 4.57 Å². The maximum atomic E-state index is 12.4. The minimum absolute atomic E-state index is 0.230. The summed E-state index contributed by atoms with van der Waals surface area (Å²) in [6, 6.07) is 5.98. The molecule has 3 heterocycles. The van der Waals surface area contributed by atoms with E-state index in [0.717, 1.165) is 40.1 Å². The van der Waals surface area contributed by atoms with Gasteiger partial charge in [0.05, 0.1) is 4.91 Å². The van der Waals surface area contributed by atoms with Crippen LogP contribution in [0, 0.1) is 20.8 Å². The van der Waals surface area contributed by atoms with E-state index in [0.29, 0.717) is 4.91 Å². The molecule has 0 atom stereocenters. The quantitative estimate of drug-likeness (QED) is 0.615. The zero-order valence-electron chi connectivity index (χ0n) is 14.4. The highest BCUT2D eigenvalue weighted by molar-refractivity contribution is 8.18. The van der Waals surface area contributed by atoms with Gasteiger partial charge in [0.15, 0.2) is 0 Å². The van der Waals surface area contributed by atoms with Crippen LogP contribution < -0.4 is 0 Å². The van der Waals surface area contributed by atoms with E-state index in [2.05, 4.69) is 11.6 Å². The van der Waals surface area contributed by atoms with Crippen molar-refractivity contribution in [3.63, 3.8) is 0 Å². The number of nitrogens with zero attached hydrogens (tertiary/aromatic N) is 3. The van der Waals surface area contributed by atoms with E-state index in [1.54, 1.807) is 12.2 Å². The molecule has 1 saturated heterocycles. The average Bonchev–Trinajstić information content (AvgIpc) is 3.00. The number of aryl methyl sites for hydroxylation is 2. The van der Waals surface area contributed by atoms with E-state index in [-0.39, 0.29) is 17.7 Å². The molecule has 0 unspecified atom stereocenters. The van der Waals surface area contributed by atoms with Crippen molar-refractivity contribution in [1.29, 1.82) is 0 Å². The molecule has 0 aromatic carbocycles. The van der Waals surface area contributed by atoms with E-state index in [1.165, 1.54) is 4.90 Å². The Labute approximate surface area is 151 Å². The van der Waals surface area contributed by atoms with Crippen LogP contribution in [0.5, 0.6) is 0 Å². The van der Waals surface area contributed by atoms with Crippen molar-refractivity contribution in [2.75, 3.05) is 6.54 Å². The first kappa shape index (κ1) is 17.2. The number of pyridine rings is 1. The summed E-state index contributed by atoms with van der Waals surface area (Å²) in [5.74, 6) is 0.563. The topological polar surface area (TPSA) is 55.2 Å². The van der Waals surface area contributed by atoms with E-state index in [1.807, 2.05) is 49.7 Å². The Morgan fingerprint density at radius 1 is 1.24 bits per heavy atom. The molecule has 0 aliphatic carbocycles. The van der Waals surface area contributed by atoms with Crippen LogP contribution in [0.1, 0.15) is 22.5 Å². The summed E-state index contributed by atoms with van der Waals surface area (Å²) in [5.41, 5.74) is 4.00. The average molecular weight is 353 g/mol. The first-order chi connectivity index (χ1) is 11.9. The normalized spacial score (nSPS) is 16.1. The van der Waals surface area contributed by atoms with Gasteiger partial charge in [-0.3, -0.25) is 14.5 Å². The molecule has 0 N–H and O–H groups in total.